The van der Waals surface area contributed by atoms with E-state index in [0.29, 0.717) is 18.9 Å². The molecule has 0 saturated carbocycles. The van der Waals surface area contributed by atoms with Crippen molar-refractivity contribution in [2.75, 3.05) is 6.54 Å². The molecule has 0 radical (unpaired) electrons. The molecule has 1 aromatic heterocycles. The van der Waals surface area contributed by atoms with Crippen LogP contribution in [0.5, 0.6) is 0 Å². The lowest BCUT2D eigenvalue weighted by atomic mass is 9.92. The molecular formula is C12H18N2O3. The van der Waals surface area contributed by atoms with Crippen molar-refractivity contribution in [1.29, 1.82) is 0 Å². The van der Waals surface area contributed by atoms with E-state index in [0.717, 1.165) is 24.4 Å². The van der Waals surface area contributed by atoms with Gasteiger partial charge in [0.15, 0.2) is 0 Å². The van der Waals surface area contributed by atoms with E-state index in [2.05, 4.69) is 12.1 Å². The Morgan fingerprint density at radius 1 is 1.71 bits per heavy atom. The van der Waals surface area contributed by atoms with Crippen molar-refractivity contribution >= 4 is 5.97 Å². The summed E-state index contributed by atoms with van der Waals surface area (Å²) in [6.45, 7) is 5.31. The highest BCUT2D eigenvalue weighted by atomic mass is 16.5. The SMILES string of the molecule is Cc1cc(CN2CCC(C)CC2C(=O)O)no1. The molecule has 5 nitrogen and oxygen atoms in total. The largest absolute Gasteiger partial charge is 0.480 e. The average molecular weight is 238 g/mol. The monoisotopic (exact) mass is 238 g/mol. The van der Waals surface area contributed by atoms with Crippen molar-refractivity contribution < 1.29 is 14.4 Å². The zero-order valence-electron chi connectivity index (χ0n) is 10.2. The maximum absolute atomic E-state index is 11.2. The van der Waals surface area contributed by atoms with Gasteiger partial charge < -0.3 is 9.63 Å². The molecule has 1 aliphatic heterocycles. The predicted octanol–water partition coefficient (Wildman–Crippen LogP) is 1.67. The fourth-order valence-corrected chi connectivity index (χ4v) is 2.34. The molecule has 1 aromatic rings. The third kappa shape index (κ3) is 2.85. The van der Waals surface area contributed by atoms with Crippen LogP contribution in [0.1, 0.15) is 31.2 Å². The lowest BCUT2D eigenvalue weighted by Crippen LogP contribution is -2.46. The number of carboxylic acids is 1. The van der Waals surface area contributed by atoms with Crippen LogP contribution < -0.4 is 0 Å². The number of aryl methyl sites for hydroxylation is 1. The van der Waals surface area contributed by atoms with Crippen molar-refractivity contribution in [3.63, 3.8) is 0 Å². The summed E-state index contributed by atoms with van der Waals surface area (Å²) in [6.07, 6.45) is 1.76. The van der Waals surface area contributed by atoms with Crippen molar-refractivity contribution in [3.8, 4) is 0 Å². The number of rotatable bonds is 3. The van der Waals surface area contributed by atoms with Gasteiger partial charge in [0.1, 0.15) is 11.8 Å². The average Bonchev–Trinajstić information content (AvgIpc) is 2.66. The summed E-state index contributed by atoms with van der Waals surface area (Å²) in [5.74, 6) is 0.500. The van der Waals surface area contributed by atoms with Crippen molar-refractivity contribution in [1.82, 2.24) is 10.1 Å². The van der Waals surface area contributed by atoms with Gasteiger partial charge in [0.25, 0.3) is 0 Å². The first-order valence-corrected chi connectivity index (χ1v) is 5.95. The molecule has 2 atom stereocenters. The van der Waals surface area contributed by atoms with Crippen LogP contribution in [0.2, 0.25) is 0 Å². The Morgan fingerprint density at radius 3 is 3.06 bits per heavy atom. The molecule has 17 heavy (non-hydrogen) atoms. The van der Waals surface area contributed by atoms with E-state index in [4.69, 9.17) is 4.52 Å². The molecule has 1 saturated heterocycles. The third-order valence-corrected chi connectivity index (χ3v) is 3.30. The molecule has 1 N–H and O–H groups in total. The van der Waals surface area contributed by atoms with Crippen LogP contribution in [-0.4, -0.2) is 33.7 Å². The first-order valence-electron chi connectivity index (χ1n) is 5.95. The molecule has 2 heterocycles. The Balaban J connectivity index is 2.05. The minimum absolute atomic E-state index is 0.393. The van der Waals surface area contributed by atoms with Crippen LogP contribution in [-0.2, 0) is 11.3 Å². The molecule has 0 spiro atoms. The Bertz CT molecular complexity index is 402. The van der Waals surface area contributed by atoms with E-state index < -0.39 is 12.0 Å². The van der Waals surface area contributed by atoms with E-state index in [-0.39, 0.29) is 0 Å². The van der Waals surface area contributed by atoms with Crippen molar-refractivity contribution in [2.24, 2.45) is 5.92 Å². The first kappa shape index (κ1) is 12.1. The van der Waals surface area contributed by atoms with Gasteiger partial charge in [-0.3, -0.25) is 9.69 Å². The zero-order valence-corrected chi connectivity index (χ0v) is 10.2. The van der Waals surface area contributed by atoms with Crippen LogP contribution in [0.3, 0.4) is 0 Å². The summed E-state index contributed by atoms with van der Waals surface area (Å²) in [7, 11) is 0. The van der Waals surface area contributed by atoms with Gasteiger partial charge in [-0.1, -0.05) is 12.1 Å². The second-order valence-electron chi connectivity index (χ2n) is 4.88. The number of hydrogen-bond acceptors (Lipinski definition) is 4. The van der Waals surface area contributed by atoms with Gasteiger partial charge in [0, 0.05) is 12.6 Å². The number of carbonyl (C=O) groups is 1. The molecule has 0 aromatic carbocycles. The minimum Gasteiger partial charge on any atom is -0.480 e. The number of carboxylic acid groups (broad SMARTS) is 1. The van der Waals surface area contributed by atoms with Crippen molar-refractivity contribution in [2.45, 2.75) is 39.3 Å². The number of aliphatic carboxylic acids is 1. The number of nitrogens with zero attached hydrogens (tertiary/aromatic N) is 2. The Morgan fingerprint density at radius 2 is 2.47 bits per heavy atom. The van der Waals surface area contributed by atoms with Gasteiger partial charge in [-0.25, -0.2) is 0 Å². The quantitative estimate of drug-likeness (QED) is 0.867. The van der Waals surface area contributed by atoms with Crippen molar-refractivity contribution in [3.05, 3.63) is 17.5 Å². The van der Waals surface area contributed by atoms with Gasteiger partial charge in [0.2, 0.25) is 0 Å². The van der Waals surface area contributed by atoms with Gasteiger partial charge in [-0.05, 0) is 32.2 Å². The molecule has 5 heteroatoms. The van der Waals surface area contributed by atoms with Gasteiger partial charge >= 0.3 is 5.97 Å². The van der Waals surface area contributed by atoms with Crippen LogP contribution in [0, 0.1) is 12.8 Å². The second-order valence-corrected chi connectivity index (χ2v) is 4.88. The lowest BCUT2D eigenvalue weighted by molar-refractivity contribution is -0.145. The fourth-order valence-electron chi connectivity index (χ4n) is 2.34. The summed E-state index contributed by atoms with van der Waals surface area (Å²) < 4.78 is 5.00. The number of likely N-dealkylation sites (tertiary alicyclic amines) is 1. The summed E-state index contributed by atoms with van der Waals surface area (Å²) in [5, 5.41) is 13.1. The van der Waals surface area contributed by atoms with E-state index in [1.54, 1.807) is 0 Å². The molecule has 0 amide bonds. The fraction of sp³-hybridized carbons (Fsp3) is 0.667. The van der Waals surface area contributed by atoms with E-state index in [9.17, 15) is 9.90 Å². The smallest absolute Gasteiger partial charge is 0.320 e. The van der Waals surface area contributed by atoms with Crippen LogP contribution in [0.25, 0.3) is 0 Å². The Labute approximate surface area is 100 Å². The first-order chi connectivity index (χ1) is 8.06. The number of hydrogen-bond donors (Lipinski definition) is 1. The maximum Gasteiger partial charge on any atom is 0.320 e. The zero-order chi connectivity index (χ0) is 12.4. The molecule has 94 valence electrons. The second kappa shape index (κ2) is 4.87. The van der Waals surface area contributed by atoms with E-state index in [1.807, 2.05) is 17.9 Å². The van der Waals surface area contributed by atoms with Gasteiger partial charge in [0.05, 0.1) is 5.69 Å². The summed E-state index contributed by atoms with van der Waals surface area (Å²) in [4.78, 5) is 13.2. The highest BCUT2D eigenvalue weighted by Gasteiger charge is 2.31. The molecule has 0 aliphatic carbocycles. The van der Waals surface area contributed by atoms with E-state index in [1.165, 1.54) is 0 Å². The number of piperidine rings is 1. The normalized spacial score (nSPS) is 26.0. The summed E-state index contributed by atoms with van der Waals surface area (Å²) in [6, 6.07) is 1.47. The molecule has 1 aliphatic rings. The van der Waals surface area contributed by atoms with Gasteiger partial charge in [-0.15, -0.1) is 0 Å². The third-order valence-electron chi connectivity index (χ3n) is 3.30. The summed E-state index contributed by atoms with van der Waals surface area (Å²) >= 11 is 0. The molecule has 1 fully saturated rings. The highest BCUT2D eigenvalue weighted by Crippen LogP contribution is 2.24. The topological polar surface area (TPSA) is 66.6 Å². The highest BCUT2D eigenvalue weighted by molar-refractivity contribution is 5.73. The molecule has 2 rings (SSSR count). The van der Waals surface area contributed by atoms with E-state index >= 15 is 0 Å². The van der Waals surface area contributed by atoms with Crippen LogP contribution >= 0.6 is 0 Å². The van der Waals surface area contributed by atoms with Crippen LogP contribution in [0.4, 0.5) is 0 Å². The standard InChI is InChI=1S/C12H18N2O3/c1-8-3-4-14(11(5-8)12(15)16)7-10-6-9(2)17-13-10/h6,8,11H,3-5,7H2,1-2H3,(H,15,16). The summed E-state index contributed by atoms with van der Waals surface area (Å²) in [5.41, 5.74) is 0.809. The molecular weight excluding hydrogens is 220 g/mol. The molecule has 2 unspecified atom stereocenters. The van der Waals surface area contributed by atoms with Gasteiger partial charge in [-0.2, -0.15) is 0 Å². The number of aromatic nitrogens is 1. The lowest BCUT2D eigenvalue weighted by Gasteiger charge is -2.35. The molecule has 0 bridgehead atoms. The maximum atomic E-state index is 11.2. The van der Waals surface area contributed by atoms with Crippen LogP contribution in [0.15, 0.2) is 10.6 Å². The predicted molar refractivity (Wildman–Crippen MR) is 61.5 cm³/mol. The Kier molecular flexibility index (Phi) is 3.47. The minimum atomic E-state index is -0.739. The Hall–Kier alpha value is -1.36.